The number of aliphatic hydroxyl groups is 1. The second-order valence-corrected chi connectivity index (χ2v) is 4.59. The van der Waals surface area contributed by atoms with Crippen LogP contribution in [-0.2, 0) is 0 Å². The summed E-state index contributed by atoms with van der Waals surface area (Å²) in [5.41, 5.74) is 0. The average molecular weight is 215 g/mol. The van der Waals surface area contributed by atoms with Gasteiger partial charge < -0.3 is 4.74 Å². The fourth-order valence-corrected chi connectivity index (χ4v) is 2.99. The van der Waals surface area contributed by atoms with E-state index in [2.05, 4.69) is 47.2 Å². The summed E-state index contributed by atoms with van der Waals surface area (Å²) < 4.78 is 6.86. The van der Waals surface area contributed by atoms with Crippen molar-refractivity contribution in [2.24, 2.45) is 0 Å². The molecule has 0 spiro atoms. The number of ether oxygens (including phenoxy) is 1. The van der Waals surface area contributed by atoms with Crippen LogP contribution in [0, 0.1) is 0 Å². The monoisotopic (exact) mass is 215 g/mol. The minimum atomic E-state index is 1.05. The van der Waals surface area contributed by atoms with Crippen LogP contribution in [0.15, 0.2) is 42.5 Å². The Hall–Kier alpha value is -1.54. The van der Waals surface area contributed by atoms with Gasteiger partial charge in [0.2, 0.25) is 0 Å². The van der Waals surface area contributed by atoms with Gasteiger partial charge in [-0.25, -0.2) is 0 Å². The molecule has 0 saturated heterocycles. The van der Waals surface area contributed by atoms with Crippen molar-refractivity contribution in [2.45, 2.75) is 0 Å². The minimum absolute atomic E-state index is 1.05. The standard InChI is InChI=1S/C13H10OS/c1-14-9-6-7-11-10-4-2-3-5-12(10)15-13(11)8-9/h2-8H,1H3/p+1. The number of aromatic hydroxyl groups is 1. The first-order chi connectivity index (χ1) is 7.38. The number of hydrogen-bond donors (Lipinski definition) is 0. The Kier molecular flexibility index (Phi) is 1.89. The first kappa shape index (κ1) is 8.74. The SMILES string of the molecule is C[OH+]c1ccc2c(c1)sc1ccccc12. The predicted molar refractivity (Wildman–Crippen MR) is 66.9 cm³/mol. The van der Waals surface area contributed by atoms with Gasteiger partial charge >= 0.3 is 0 Å². The molecule has 1 aromatic heterocycles. The molecule has 0 radical (unpaired) electrons. The van der Waals surface area contributed by atoms with E-state index in [0.717, 1.165) is 5.75 Å². The van der Waals surface area contributed by atoms with E-state index in [1.54, 1.807) is 0 Å². The maximum Gasteiger partial charge on any atom is 0.255 e. The fourth-order valence-electron chi connectivity index (χ4n) is 1.85. The van der Waals surface area contributed by atoms with Gasteiger partial charge in [0.25, 0.3) is 5.75 Å². The molecule has 0 aliphatic carbocycles. The van der Waals surface area contributed by atoms with Crippen molar-refractivity contribution in [2.75, 3.05) is 7.11 Å². The van der Waals surface area contributed by atoms with Gasteiger partial charge in [0.15, 0.2) is 7.11 Å². The molecule has 0 aliphatic rings. The molecule has 74 valence electrons. The summed E-state index contributed by atoms with van der Waals surface area (Å²) in [7, 11) is 1.83. The quantitative estimate of drug-likeness (QED) is 0.546. The fraction of sp³-hybridized carbons (Fsp3) is 0.0769. The molecule has 3 aromatic rings. The van der Waals surface area contributed by atoms with Crippen molar-refractivity contribution in [1.82, 2.24) is 0 Å². The largest absolute Gasteiger partial charge is 0.585 e. The Labute approximate surface area is 91.9 Å². The highest BCUT2D eigenvalue weighted by molar-refractivity contribution is 7.25. The molecule has 1 N–H and O–H groups in total. The van der Waals surface area contributed by atoms with Crippen LogP contribution in [-0.4, -0.2) is 11.8 Å². The third-order valence-electron chi connectivity index (χ3n) is 2.62. The summed E-state index contributed by atoms with van der Waals surface area (Å²) in [4.78, 5) is 0. The number of hydrogen-bond acceptors (Lipinski definition) is 1. The Morgan fingerprint density at radius 1 is 0.933 bits per heavy atom. The summed E-state index contributed by atoms with van der Waals surface area (Å²) >= 11 is 1.83. The van der Waals surface area contributed by atoms with Crippen molar-refractivity contribution >= 4 is 31.5 Å². The van der Waals surface area contributed by atoms with Gasteiger partial charge in [-0.3, -0.25) is 0 Å². The van der Waals surface area contributed by atoms with Crippen LogP contribution >= 0.6 is 11.3 Å². The van der Waals surface area contributed by atoms with E-state index < -0.39 is 0 Å². The van der Waals surface area contributed by atoms with Crippen molar-refractivity contribution in [3.8, 4) is 5.75 Å². The average Bonchev–Trinajstić information content (AvgIpc) is 2.66. The highest BCUT2D eigenvalue weighted by atomic mass is 32.1. The summed E-state index contributed by atoms with van der Waals surface area (Å²) in [6, 6.07) is 14.9. The summed E-state index contributed by atoms with van der Waals surface area (Å²) in [5.74, 6) is 1.05. The number of benzene rings is 2. The summed E-state index contributed by atoms with van der Waals surface area (Å²) in [6.45, 7) is 0. The van der Waals surface area contributed by atoms with Crippen LogP contribution in [0.3, 0.4) is 0 Å². The number of fused-ring (bicyclic) bond motifs is 3. The molecule has 0 atom stereocenters. The molecule has 0 amide bonds. The van der Waals surface area contributed by atoms with Crippen LogP contribution in [0.2, 0.25) is 0 Å². The predicted octanol–water partition coefficient (Wildman–Crippen LogP) is 3.93. The van der Waals surface area contributed by atoms with E-state index >= 15 is 0 Å². The molecule has 0 saturated carbocycles. The van der Waals surface area contributed by atoms with Crippen molar-refractivity contribution in [1.29, 1.82) is 0 Å². The Morgan fingerprint density at radius 2 is 1.73 bits per heavy atom. The lowest BCUT2D eigenvalue weighted by Gasteiger charge is -1.95. The molecule has 0 fully saturated rings. The van der Waals surface area contributed by atoms with E-state index in [4.69, 9.17) is 0 Å². The lowest BCUT2D eigenvalue weighted by atomic mass is 10.1. The molecule has 3 rings (SSSR count). The Morgan fingerprint density at radius 3 is 2.60 bits per heavy atom. The third kappa shape index (κ3) is 1.29. The van der Waals surface area contributed by atoms with E-state index in [9.17, 15) is 0 Å². The molecule has 1 nitrogen and oxygen atoms in total. The van der Waals surface area contributed by atoms with E-state index in [1.807, 2.05) is 18.4 Å². The van der Waals surface area contributed by atoms with E-state index in [-0.39, 0.29) is 0 Å². The van der Waals surface area contributed by atoms with Crippen LogP contribution in [0.5, 0.6) is 5.75 Å². The molecule has 1 heterocycles. The zero-order chi connectivity index (χ0) is 10.3. The van der Waals surface area contributed by atoms with Crippen molar-refractivity contribution in [3.05, 3.63) is 42.5 Å². The highest BCUT2D eigenvalue weighted by Gasteiger charge is 2.06. The smallest absolute Gasteiger partial charge is 0.255 e. The van der Waals surface area contributed by atoms with E-state index in [1.165, 1.54) is 20.2 Å². The van der Waals surface area contributed by atoms with E-state index in [0.29, 0.717) is 0 Å². The highest BCUT2D eigenvalue weighted by Crippen LogP contribution is 2.35. The van der Waals surface area contributed by atoms with Gasteiger partial charge in [0.1, 0.15) is 0 Å². The first-order valence-corrected chi connectivity index (χ1v) is 5.71. The first-order valence-electron chi connectivity index (χ1n) is 4.89. The Bertz CT molecular complexity index is 625. The normalized spacial score (nSPS) is 11.0. The summed E-state index contributed by atoms with van der Waals surface area (Å²) in [5, 5.41) is 2.68. The molecular formula is C13H11OS+. The molecule has 2 aromatic carbocycles. The van der Waals surface area contributed by atoms with Crippen molar-refractivity contribution < 1.29 is 4.74 Å². The van der Waals surface area contributed by atoms with Gasteiger partial charge in [-0.05, 0) is 12.1 Å². The van der Waals surface area contributed by atoms with Gasteiger partial charge in [0.05, 0.1) is 6.07 Å². The zero-order valence-corrected chi connectivity index (χ0v) is 9.21. The zero-order valence-electron chi connectivity index (χ0n) is 8.40. The van der Waals surface area contributed by atoms with Crippen LogP contribution in [0.4, 0.5) is 0 Å². The minimum Gasteiger partial charge on any atom is -0.585 e. The Balaban J connectivity index is 2.43. The molecule has 2 heteroatoms. The van der Waals surface area contributed by atoms with Crippen molar-refractivity contribution in [3.63, 3.8) is 0 Å². The molecule has 0 bridgehead atoms. The molecule has 15 heavy (non-hydrogen) atoms. The van der Waals surface area contributed by atoms with Crippen LogP contribution in [0.25, 0.3) is 20.2 Å². The second kappa shape index (κ2) is 3.24. The van der Waals surface area contributed by atoms with Gasteiger partial charge in [-0.15, -0.1) is 11.3 Å². The maximum absolute atomic E-state index is 4.20. The van der Waals surface area contributed by atoms with Gasteiger partial charge in [0, 0.05) is 26.2 Å². The molecular weight excluding hydrogens is 204 g/mol. The second-order valence-electron chi connectivity index (χ2n) is 3.50. The lowest BCUT2D eigenvalue weighted by Crippen LogP contribution is -1.75. The van der Waals surface area contributed by atoms with Gasteiger partial charge in [-0.1, -0.05) is 18.2 Å². The third-order valence-corrected chi connectivity index (χ3v) is 3.75. The maximum atomic E-state index is 4.20. The lowest BCUT2D eigenvalue weighted by molar-refractivity contribution is 0.137. The topological polar surface area (TPSA) is 12.8 Å². The van der Waals surface area contributed by atoms with Gasteiger partial charge in [-0.2, -0.15) is 0 Å². The number of thiophene rings is 1. The number of rotatable bonds is 1. The summed E-state index contributed by atoms with van der Waals surface area (Å²) in [6.07, 6.45) is 0. The molecule has 0 aliphatic heterocycles. The van der Waals surface area contributed by atoms with Crippen LogP contribution in [0.1, 0.15) is 0 Å². The molecule has 0 unspecified atom stereocenters. The van der Waals surface area contributed by atoms with Crippen LogP contribution < -0.4 is 0 Å².